The maximum Gasteiger partial charge on any atom is 0.408 e. The summed E-state index contributed by atoms with van der Waals surface area (Å²) in [7, 11) is 0. The molecule has 0 heterocycles. The van der Waals surface area contributed by atoms with Gasteiger partial charge in [-0.2, -0.15) is 0 Å². The van der Waals surface area contributed by atoms with Crippen LogP contribution in [-0.4, -0.2) is 46.5 Å². The number of hydrogen-bond donors (Lipinski definition) is 2. The first kappa shape index (κ1) is 29.0. The molecule has 0 radical (unpaired) electrons. The molecule has 0 spiro atoms. The number of carbonyl (C=O) groups excluding carboxylic acids is 3. The number of amides is 3. The molecule has 7 nitrogen and oxygen atoms in total. The minimum Gasteiger partial charge on any atom is -0.444 e. The van der Waals surface area contributed by atoms with E-state index in [1.807, 2.05) is 68.4 Å². The van der Waals surface area contributed by atoms with Gasteiger partial charge in [-0.3, -0.25) is 9.59 Å². The van der Waals surface area contributed by atoms with Crippen molar-refractivity contribution >= 4 is 24.0 Å². The van der Waals surface area contributed by atoms with Gasteiger partial charge in [-0.15, -0.1) is 0 Å². The van der Waals surface area contributed by atoms with E-state index in [0.717, 1.165) is 17.5 Å². The van der Waals surface area contributed by atoms with Gasteiger partial charge >= 0.3 is 6.09 Å². The Bertz CT molecular complexity index is 1140. The van der Waals surface area contributed by atoms with Gasteiger partial charge in [0.25, 0.3) is 0 Å². The van der Waals surface area contributed by atoms with Gasteiger partial charge in [0.05, 0.1) is 0 Å². The summed E-state index contributed by atoms with van der Waals surface area (Å²) < 4.78 is 5.50. The molecule has 4 atom stereocenters. The average Bonchev–Trinajstić information content (AvgIpc) is 3.56. The van der Waals surface area contributed by atoms with E-state index in [2.05, 4.69) is 24.1 Å². The lowest BCUT2D eigenvalue weighted by atomic mass is 9.98. The highest BCUT2D eigenvalue weighted by atomic mass is 16.6. The predicted molar refractivity (Wildman–Crippen MR) is 150 cm³/mol. The molecule has 4 unspecified atom stereocenters. The molecule has 3 amide bonds. The van der Waals surface area contributed by atoms with E-state index in [0.29, 0.717) is 5.56 Å². The molecule has 2 aromatic rings. The minimum absolute atomic E-state index is 0.110. The Hall–Kier alpha value is -3.61. The van der Waals surface area contributed by atoms with Crippen LogP contribution in [0.25, 0.3) is 6.08 Å². The van der Waals surface area contributed by atoms with Crippen molar-refractivity contribution < 1.29 is 19.1 Å². The smallest absolute Gasteiger partial charge is 0.408 e. The Morgan fingerprint density at radius 2 is 1.74 bits per heavy atom. The van der Waals surface area contributed by atoms with Crippen molar-refractivity contribution in [2.24, 2.45) is 5.92 Å². The van der Waals surface area contributed by atoms with Crippen molar-refractivity contribution in [3.63, 3.8) is 0 Å². The third-order valence-corrected chi connectivity index (χ3v) is 6.37. The van der Waals surface area contributed by atoms with E-state index >= 15 is 0 Å². The van der Waals surface area contributed by atoms with E-state index in [-0.39, 0.29) is 36.2 Å². The average molecular weight is 520 g/mol. The van der Waals surface area contributed by atoms with Crippen LogP contribution in [0.2, 0.25) is 0 Å². The van der Waals surface area contributed by atoms with Crippen molar-refractivity contribution in [1.82, 2.24) is 15.5 Å². The van der Waals surface area contributed by atoms with Gasteiger partial charge in [0.2, 0.25) is 11.8 Å². The third-order valence-electron chi connectivity index (χ3n) is 6.37. The molecule has 0 aliphatic heterocycles. The summed E-state index contributed by atoms with van der Waals surface area (Å²) in [6, 6.07) is 15.0. The molecule has 1 aliphatic carbocycles. The van der Waals surface area contributed by atoms with Gasteiger partial charge in [-0.25, -0.2) is 4.79 Å². The Labute approximate surface area is 226 Å². The van der Waals surface area contributed by atoms with E-state index in [1.54, 1.807) is 31.7 Å². The molecule has 0 saturated heterocycles. The fourth-order valence-electron chi connectivity index (χ4n) is 4.51. The largest absolute Gasteiger partial charge is 0.444 e. The van der Waals surface area contributed by atoms with Gasteiger partial charge in [-0.05, 0) is 69.7 Å². The summed E-state index contributed by atoms with van der Waals surface area (Å²) >= 11 is 0. The fraction of sp³-hybridized carbons (Fsp3) is 0.452. The molecule has 1 aliphatic rings. The summed E-state index contributed by atoms with van der Waals surface area (Å²) in [6.07, 6.45) is 2.09. The summed E-state index contributed by atoms with van der Waals surface area (Å²) in [5.74, 6) is -0.346. The van der Waals surface area contributed by atoms with Gasteiger partial charge in [0.1, 0.15) is 17.7 Å². The molecule has 38 heavy (non-hydrogen) atoms. The normalized spacial score (nSPS) is 18.2. The summed E-state index contributed by atoms with van der Waals surface area (Å²) in [4.78, 5) is 42.6. The molecule has 7 heteroatoms. The number of rotatable bonds is 10. The molecule has 2 aromatic carbocycles. The second kappa shape index (κ2) is 12.3. The Morgan fingerprint density at radius 3 is 2.29 bits per heavy atom. The first-order valence-corrected chi connectivity index (χ1v) is 13.3. The Kier molecular flexibility index (Phi) is 9.36. The lowest BCUT2D eigenvalue weighted by Gasteiger charge is -2.35. The third kappa shape index (κ3) is 7.94. The van der Waals surface area contributed by atoms with Crippen molar-refractivity contribution in [2.45, 2.75) is 84.2 Å². The Morgan fingerprint density at radius 1 is 1.08 bits per heavy atom. The molecule has 1 fully saturated rings. The second-order valence-electron chi connectivity index (χ2n) is 11.4. The van der Waals surface area contributed by atoms with Crippen LogP contribution in [0, 0.1) is 5.92 Å². The molecule has 204 valence electrons. The molecule has 1 saturated carbocycles. The monoisotopic (exact) mass is 519 g/mol. The lowest BCUT2D eigenvalue weighted by molar-refractivity contribution is -0.143. The number of nitrogens with one attached hydrogen (secondary N) is 2. The number of alkyl carbamates (subject to hydrolysis) is 1. The number of nitrogens with zero attached hydrogens (tertiary/aromatic N) is 1. The zero-order chi connectivity index (χ0) is 28.0. The maximum absolute atomic E-state index is 14.4. The van der Waals surface area contributed by atoms with E-state index < -0.39 is 23.8 Å². The van der Waals surface area contributed by atoms with Gasteiger partial charge in [0, 0.05) is 18.5 Å². The number of hydrogen-bond acceptors (Lipinski definition) is 4. The van der Waals surface area contributed by atoms with Crippen molar-refractivity contribution in [3.05, 3.63) is 77.9 Å². The van der Waals surface area contributed by atoms with Crippen LogP contribution in [0.5, 0.6) is 0 Å². The van der Waals surface area contributed by atoms with Crippen molar-refractivity contribution in [1.29, 1.82) is 0 Å². The Balaban J connectivity index is 2.05. The van der Waals surface area contributed by atoms with Gasteiger partial charge in [-0.1, -0.05) is 68.1 Å². The van der Waals surface area contributed by atoms with Crippen molar-refractivity contribution in [3.8, 4) is 0 Å². The molecular weight excluding hydrogens is 478 g/mol. The topological polar surface area (TPSA) is 87.7 Å². The highest BCUT2D eigenvalue weighted by molar-refractivity contribution is 5.93. The van der Waals surface area contributed by atoms with E-state index in [4.69, 9.17) is 4.74 Å². The fourth-order valence-corrected chi connectivity index (χ4v) is 4.51. The predicted octanol–water partition coefficient (Wildman–Crippen LogP) is 5.27. The molecule has 0 bridgehead atoms. The van der Waals surface area contributed by atoms with Crippen LogP contribution in [-0.2, 0) is 20.7 Å². The molecular formula is C31H41N3O4. The number of benzene rings is 2. The van der Waals surface area contributed by atoms with Crippen LogP contribution in [0.1, 0.15) is 70.7 Å². The first-order valence-electron chi connectivity index (χ1n) is 13.3. The number of carbonyl (C=O) groups is 3. The van der Waals surface area contributed by atoms with E-state index in [9.17, 15) is 14.4 Å². The zero-order valence-electron chi connectivity index (χ0n) is 23.4. The van der Waals surface area contributed by atoms with Gasteiger partial charge in [0.15, 0.2) is 0 Å². The van der Waals surface area contributed by atoms with Crippen LogP contribution in [0.4, 0.5) is 4.79 Å². The van der Waals surface area contributed by atoms with Crippen LogP contribution in [0.3, 0.4) is 0 Å². The first-order chi connectivity index (χ1) is 17.9. The molecule has 0 aromatic heterocycles. The second-order valence-corrected chi connectivity index (χ2v) is 11.4. The summed E-state index contributed by atoms with van der Waals surface area (Å²) in [6.45, 7) is 15.0. The lowest BCUT2D eigenvalue weighted by Crippen LogP contribution is -2.55. The standard InChI is InChI=1S/C31H41N3O4/c1-8-22-15-12-16-24(18-22)27(28(35)32-20(2)3)34(26-17-21(26)4)29(36)25(19-23-13-10-9-11-14-23)33-30(37)38-31(5,6)7/h8-16,18,20-21,25-27H,1,17,19H2,2-7H3,(H,32,35)(H,33,37). The minimum atomic E-state index is -0.919. The highest BCUT2D eigenvalue weighted by Gasteiger charge is 2.48. The zero-order valence-corrected chi connectivity index (χ0v) is 23.4. The maximum atomic E-state index is 14.4. The molecule has 3 rings (SSSR count). The summed E-state index contributed by atoms with van der Waals surface area (Å²) in [5, 5.41) is 5.81. The van der Waals surface area contributed by atoms with E-state index in [1.165, 1.54) is 0 Å². The summed E-state index contributed by atoms with van der Waals surface area (Å²) in [5.41, 5.74) is 1.72. The SMILES string of the molecule is C=Cc1cccc(C(C(=O)NC(C)C)N(C(=O)C(Cc2ccccc2)NC(=O)OC(C)(C)C)C2CC2C)c1. The van der Waals surface area contributed by atoms with Crippen LogP contribution < -0.4 is 10.6 Å². The van der Waals surface area contributed by atoms with Crippen LogP contribution >= 0.6 is 0 Å². The van der Waals surface area contributed by atoms with Gasteiger partial charge < -0.3 is 20.3 Å². The molecule has 2 N–H and O–H groups in total. The number of ether oxygens (including phenoxy) is 1. The van der Waals surface area contributed by atoms with Crippen LogP contribution in [0.15, 0.2) is 61.2 Å². The quantitative estimate of drug-likeness (QED) is 0.448. The van der Waals surface area contributed by atoms with Crippen molar-refractivity contribution in [2.75, 3.05) is 0 Å². The highest BCUT2D eigenvalue weighted by Crippen LogP contribution is 2.41.